The average molecular weight is 732 g/mol. The van der Waals surface area contributed by atoms with Gasteiger partial charge in [0.1, 0.15) is 17.1 Å². The molecule has 4 aliphatic rings. The molecule has 2 fully saturated rings. The maximum Gasteiger partial charge on any atom is 0.310 e. The lowest BCUT2D eigenvalue weighted by atomic mass is 9.68. The molecule has 3 heterocycles. The first-order valence-corrected chi connectivity index (χ1v) is 22.2. The summed E-state index contributed by atoms with van der Waals surface area (Å²) in [5.74, 6) is -0.473. The first kappa shape index (κ1) is 36.7. The minimum absolute atomic E-state index is 0.0535. The van der Waals surface area contributed by atoms with Crippen LogP contribution in [0.15, 0.2) is 29.2 Å². The number of hydrogen-bond acceptors (Lipinski definition) is 6. The summed E-state index contributed by atoms with van der Waals surface area (Å²) in [6.45, 7) is 17.5. The van der Waals surface area contributed by atoms with Crippen LogP contribution in [0.25, 0.3) is 0 Å². The fourth-order valence-corrected chi connectivity index (χ4v) is 10.00. The van der Waals surface area contributed by atoms with Crippen LogP contribution in [-0.4, -0.2) is 32.5 Å². The molecule has 2 aromatic rings. The van der Waals surface area contributed by atoms with Gasteiger partial charge < -0.3 is 18.6 Å². The van der Waals surface area contributed by atoms with Gasteiger partial charge in [0.15, 0.2) is 8.32 Å². The van der Waals surface area contributed by atoms with Crippen molar-refractivity contribution in [3.05, 3.63) is 57.9 Å². The van der Waals surface area contributed by atoms with Gasteiger partial charge in [-0.2, -0.15) is 0 Å². The highest BCUT2D eigenvalue weighted by Gasteiger charge is 2.65. The van der Waals surface area contributed by atoms with Crippen molar-refractivity contribution in [2.24, 2.45) is 5.41 Å². The van der Waals surface area contributed by atoms with E-state index in [9.17, 15) is 24.2 Å². The highest BCUT2D eigenvalue weighted by Crippen LogP contribution is 3.02. The molecule has 0 unspecified atom stereocenters. The Kier molecular flexibility index (Phi) is 8.41. The monoisotopic (exact) mass is 731 g/mol. The minimum atomic E-state index is -9.88. The first-order chi connectivity index (χ1) is 22.3. The van der Waals surface area contributed by atoms with Crippen molar-refractivity contribution in [1.82, 2.24) is 4.98 Å². The van der Waals surface area contributed by atoms with Gasteiger partial charge in [0.25, 0.3) is 0 Å². The molecule has 1 spiro atoms. The minimum Gasteiger partial charge on any atom is -0.455 e. The molecule has 0 bridgehead atoms. The summed E-state index contributed by atoms with van der Waals surface area (Å²) in [6, 6.07) is 3.19. The molecule has 274 valence electrons. The summed E-state index contributed by atoms with van der Waals surface area (Å²) < 4.78 is 95.1. The summed E-state index contributed by atoms with van der Waals surface area (Å²) >= 11 is 0. The van der Waals surface area contributed by atoms with Gasteiger partial charge in [0.2, 0.25) is 0 Å². The molecule has 0 radical (unpaired) electrons. The zero-order valence-electron chi connectivity index (χ0n) is 29.8. The van der Waals surface area contributed by atoms with E-state index in [1.807, 2.05) is 0 Å². The van der Waals surface area contributed by atoms with Crippen molar-refractivity contribution in [2.75, 3.05) is 13.2 Å². The topological polar surface area (TPSA) is 66.9 Å². The molecule has 1 saturated heterocycles. The summed E-state index contributed by atoms with van der Waals surface area (Å²) in [7, 11) is -12.3. The summed E-state index contributed by atoms with van der Waals surface area (Å²) in [4.78, 5) is 16.1. The van der Waals surface area contributed by atoms with Crippen molar-refractivity contribution in [1.29, 1.82) is 0 Å². The fourth-order valence-electron chi connectivity index (χ4n) is 8.08. The van der Waals surface area contributed by atoms with Gasteiger partial charge in [-0.15, -0.1) is 0 Å². The molecule has 2 aliphatic heterocycles. The molecule has 0 amide bonds. The van der Waals surface area contributed by atoms with Crippen LogP contribution in [0.5, 0.6) is 0 Å². The van der Waals surface area contributed by atoms with E-state index in [2.05, 4.69) is 47.7 Å². The van der Waals surface area contributed by atoms with E-state index in [1.54, 1.807) is 0 Å². The fraction of sp³-hybridized carbons (Fsp3) is 0.667. The molecule has 1 aromatic carbocycles. The number of carbonyl (C=O) groups excluding carboxylic acids is 1. The summed E-state index contributed by atoms with van der Waals surface area (Å²) in [6.07, 6.45) is 3.11. The Labute approximate surface area is 287 Å². The van der Waals surface area contributed by atoms with Crippen molar-refractivity contribution < 1.29 is 42.9 Å². The number of hydrogen-bond donors (Lipinski definition) is 0. The van der Waals surface area contributed by atoms with E-state index in [1.165, 1.54) is 6.92 Å². The SMILES string of the molecule is CC(=O)O[C@H]1c2nc(C3CCOCC3)c3c(c2[C@@H](O[Si](C)(C)C(C)(C)C)CC1(C)C)C1(CCCC1)O[C@@H]3c1ccc(S(F)(F)(F)(F)F)cc1. The third-order valence-electron chi connectivity index (χ3n) is 11.6. The molecular weight excluding hydrogens is 682 g/mol. The number of esters is 1. The van der Waals surface area contributed by atoms with Crippen LogP contribution < -0.4 is 0 Å². The Morgan fingerprint density at radius 1 is 0.959 bits per heavy atom. The van der Waals surface area contributed by atoms with Gasteiger partial charge in [0.05, 0.1) is 23.1 Å². The Morgan fingerprint density at radius 2 is 1.55 bits per heavy atom. The van der Waals surface area contributed by atoms with Crippen molar-refractivity contribution >= 4 is 24.5 Å². The third kappa shape index (κ3) is 6.71. The van der Waals surface area contributed by atoms with E-state index < -0.39 is 58.7 Å². The second-order valence-corrected chi connectivity index (χ2v) is 23.9. The summed E-state index contributed by atoms with van der Waals surface area (Å²) in [5.41, 5.74) is 3.03. The lowest BCUT2D eigenvalue weighted by Gasteiger charge is -2.48. The molecule has 13 heteroatoms. The highest BCUT2D eigenvalue weighted by molar-refractivity contribution is 8.45. The molecule has 2 aliphatic carbocycles. The van der Waals surface area contributed by atoms with Gasteiger partial charge in [0, 0.05) is 42.6 Å². The third-order valence-corrected chi connectivity index (χ3v) is 17.2. The van der Waals surface area contributed by atoms with E-state index in [-0.39, 0.29) is 11.0 Å². The number of halogens is 5. The molecular formula is C36H50F5NO5SSi. The lowest BCUT2D eigenvalue weighted by molar-refractivity contribution is -0.156. The Bertz CT molecular complexity index is 1630. The van der Waals surface area contributed by atoms with Gasteiger partial charge >= 0.3 is 16.2 Å². The normalized spacial score (nSPS) is 26.9. The number of fused-ring (bicyclic) bond motifs is 4. The van der Waals surface area contributed by atoms with Gasteiger partial charge in [-0.05, 0) is 73.5 Å². The predicted octanol–water partition coefficient (Wildman–Crippen LogP) is 11.6. The number of benzene rings is 1. The number of rotatable bonds is 6. The molecule has 6 nitrogen and oxygen atoms in total. The number of aromatic nitrogens is 1. The number of pyridine rings is 1. The predicted molar refractivity (Wildman–Crippen MR) is 182 cm³/mol. The van der Waals surface area contributed by atoms with Gasteiger partial charge in [-0.1, -0.05) is 79.0 Å². The molecule has 0 N–H and O–H groups in total. The van der Waals surface area contributed by atoms with Crippen LogP contribution in [0.1, 0.15) is 144 Å². The maximum absolute atomic E-state index is 13.8. The Morgan fingerprint density at radius 3 is 2.08 bits per heavy atom. The standard InChI is InChI=1S/C36H50F5NO5SSi/c1-22(43)45-33-31-27(26(21-35(33,5)6)47-49(7,8)34(2,3)4)29-28(30(42-31)23-15-19-44-20-16-23)32(46-36(29)17-9-10-18-36)24-11-13-25(14-12-24)48(37,38,39,40)41/h11-14,23,26,32-33H,9-10,15-21H2,1-8H3/t26-,32+,33-/m0/s1. The Hall–Kier alpha value is -2.06. The maximum atomic E-state index is 13.8. The molecule has 1 aromatic heterocycles. The van der Waals surface area contributed by atoms with E-state index >= 15 is 0 Å². The van der Waals surface area contributed by atoms with Crippen molar-refractivity contribution in [3.63, 3.8) is 0 Å². The van der Waals surface area contributed by atoms with E-state index in [0.29, 0.717) is 68.7 Å². The first-order valence-electron chi connectivity index (χ1n) is 17.4. The van der Waals surface area contributed by atoms with Crippen LogP contribution >= 0.6 is 10.2 Å². The molecule has 3 atom stereocenters. The van der Waals surface area contributed by atoms with Crippen molar-refractivity contribution in [3.8, 4) is 0 Å². The van der Waals surface area contributed by atoms with Crippen LogP contribution in [0, 0.1) is 5.41 Å². The van der Waals surface area contributed by atoms with Crippen LogP contribution in [0.3, 0.4) is 0 Å². The second kappa shape index (κ2) is 11.2. The number of ether oxygens (including phenoxy) is 3. The van der Waals surface area contributed by atoms with Crippen LogP contribution in [0.2, 0.25) is 18.1 Å². The van der Waals surface area contributed by atoms with Crippen LogP contribution in [-0.2, 0) is 29.0 Å². The van der Waals surface area contributed by atoms with E-state index in [4.69, 9.17) is 23.6 Å². The molecule has 6 rings (SSSR count). The largest absolute Gasteiger partial charge is 0.455 e. The number of nitrogens with zero attached hydrogens (tertiary/aromatic N) is 1. The lowest BCUT2D eigenvalue weighted by Crippen LogP contribution is -2.45. The van der Waals surface area contributed by atoms with Crippen molar-refractivity contribution in [2.45, 2.75) is 139 Å². The van der Waals surface area contributed by atoms with Gasteiger partial charge in [-0.25, -0.2) is 0 Å². The smallest absolute Gasteiger partial charge is 0.310 e. The number of carbonyl (C=O) groups is 1. The van der Waals surface area contributed by atoms with Gasteiger partial charge in [-0.3, -0.25) is 9.78 Å². The highest BCUT2D eigenvalue weighted by atomic mass is 32.5. The quantitative estimate of drug-likeness (QED) is 0.167. The second-order valence-electron chi connectivity index (χ2n) is 16.8. The van der Waals surface area contributed by atoms with E-state index in [0.717, 1.165) is 47.4 Å². The molecule has 1 saturated carbocycles. The summed E-state index contributed by atoms with van der Waals surface area (Å²) in [5, 5.41) is -0.114. The average Bonchev–Trinajstić information content (AvgIpc) is 3.58. The molecule has 49 heavy (non-hydrogen) atoms. The zero-order valence-corrected chi connectivity index (χ0v) is 31.6. The zero-order chi connectivity index (χ0) is 36.1. The Balaban J connectivity index is 1.65. The van der Waals surface area contributed by atoms with Crippen LogP contribution in [0.4, 0.5) is 19.4 Å².